The van der Waals surface area contributed by atoms with E-state index in [0.717, 1.165) is 17.5 Å². The van der Waals surface area contributed by atoms with E-state index in [1.54, 1.807) is 12.1 Å². The zero-order chi connectivity index (χ0) is 17.2. The summed E-state index contributed by atoms with van der Waals surface area (Å²) in [4.78, 5) is 16.4. The van der Waals surface area contributed by atoms with Gasteiger partial charge in [0.1, 0.15) is 0 Å². The molecule has 126 valence electrons. The third-order valence-electron chi connectivity index (χ3n) is 2.98. The van der Waals surface area contributed by atoms with Crippen LogP contribution in [-0.4, -0.2) is 26.8 Å². The van der Waals surface area contributed by atoms with Crippen LogP contribution in [0.5, 0.6) is 0 Å². The highest BCUT2D eigenvalue weighted by molar-refractivity contribution is 7.99. The number of carbonyl (C=O) groups is 1. The van der Waals surface area contributed by atoms with Crippen molar-refractivity contribution in [1.29, 1.82) is 0 Å². The van der Waals surface area contributed by atoms with Crippen molar-refractivity contribution >= 4 is 34.1 Å². The van der Waals surface area contributed by atoms with Crippen molar-refractivity contribution in [2.75, 3.05) is 11.1 Å². The molecule has 0 saturated carbocycles. The maximum atomic E-state index is 12.0. The molecule has 0 fully saturated rings. The van der Waals surface area contributed by atoms with Crippen LogP contribution >= 0.6 is 23.1 Å². The lowest BCUT2D eigenvalue weighted by molar-refractivity contribution is -0.113. The van der Waals surface area contributed by atoms with Gasteiger partial charge in [-0.1, -0.05) is 32.5 Å². The van der Waals surface area contributed by atoms with Gasteiger partial charge in [-0.2, -0.15) is 0 Å². The second-order valence-corrected chi connectivity index (χ2v) is 7.76. The summed E-state index contributed by atoms with van der Waals surface area (Å²) in [5.74, 6) is 0.769. The van der Waals surface area contributed by atoms with E-state index < -0.39 is 0 Å². The lowest BCUT2D eigenvalue weighted by atomic mass is 9.93. The summed E-state index contributed by atoms with van der Waals surface area (Å²) in [7, 11) is 0. The SMILES string of the molecule is CC(C)(C)c1csc(NC(=O)CSc2nnc(-c3ccco3)o2)n1. The Kier molecular flexibility index (Phi) is 4.72. The van der Waals surface area contributed by atoms with Crippen molar-refractivity contribution in [3.8, 4) is 11.7 Å². The fraction of sp³-hybridized carbons (Fsp3) is 0.333. The molecule has 3 heterocycles. The van der Waals surface area contributed by atoms with E-state index in [4.69, 9.17) is 8.83 Å². The molecule has 3 aromatic rings. The van der Waals surface area contributed by atoms with E-state index in [1.807, 2.05) is 5.38 Å². The van der Waals surface area contributed by atoms with Gasteiger partial charge >= 0.3 is 0 Å². The Morgan fingerprint density at radius 3 is 2.88 bits per heavy atom. The minimum absolute atomic E-state index is 0.0414. The zero-order valence-electron chi connectivity index (χ0n) is 13.4. The molecule has 3 aromatic heterocycles. The minimum Gasteiger partial charge on any atom is -0.459 e. The van der Waals surface area contributed by atoms with Gasteiger partial charge < -0.3 is 14.2 Å². The van der Waals surface area contributed by atoms with Gasteiger partial charge in [-0.3, -0.25) is 4.79 Å². The second-order valence-electron chi connectivity index (χ2n) is 5.98. The van der Waals surface area contributed by atoms with E-state index in [9.17, 15) is 4.79 Å². The quantitative estimate of drug-likeness (QED) is 0.688. The molecule has 0 atom stereocenters. The first-order chi connectivity index (χ1) is 11.4. The van der Waals surface area contributed by atoms with Crippen molar-refractivity contribution in [2.45, 2.75) is 31.4 Å². The summed E-state index contributed by atoms with van der Waals surface area (Å²) in [6.07, 6.45) is 1.53. The normalized spacial score (nSPS) is 11.6. The van der Waals surface area contributed by atoms with Gasteiger partial charge in [0.25, 0.3) is 11.1 Å². The molecule has 0 aliphatic heterocycles. The Morgan fingerprint density at radius 2 is 2.21 bits per heavy atom. The number of amides is 1. The highest BCUT2D eigenvalue weighted by Crippen LogP contribution is 2.27. The van der Waals surface area contributed by atoms with Crippen molar-refractivity contribution in [3.63, 3.8) is 0 Å². The molecule has 24 heavy (non-hydrogen) atoms. The molecule has 1 N–H and O–H groups in total. The average molecular weight is 364 g/mol. The number of thioether (sulfide) groups is 1. The van der Waals surface area contributed by atoms with Crippen LogP contribution in [0.2, 0.25) is 0 Å². The predicted molar refractivity (Wildman–Crippen MR) is 92.2 cm³/mol. The Hall–Kier alpha value is -2.13. The summed E-state index contributed by atoms with van der Waals surface area (Å²) in [5.41, 5.74) is 0.913. The van der Waals surface area contributed by atoms with Crippen molar-refractivity contribution in [3.05, 3.63) is 29.5 Å². The first-order valence-electron chi connectivity index (χ1n) is 7.18. The fourth-order valence-electron chi connectivity index (χ4n) is 1.73. The summed E-state index contributed by atoms with van der Waals surface area (Å²) >= 11 is 2.57. The highest BCUT2D eigenvalue weighted by atomic mass is 32.2. The van der Waals surface area contributed by atoms with Crippen LogP contribution in [0.1, 0.15) is 26.5 Å². The molecule has 0 aromatic carbocycles. The van der Waals surface area contributed by atoms with Crippen LogP contribution in [0.4, 0.5) is 5.13 Å². The van der Waals surface area contributed by atoms with Crippen LogP contribution in [0.3, 0.4) is 0 Å². The largest absolute Gasteiger partial charge is 0.459 e. The van der Waals surface area contributed by atoms with Crippen LogP contribution in [0.15, 0.2) is 37.8 Å². The van der Waals surface area contributed by atoms with Crippen molar-refractivity contribution in [2.24, 2.45) is 0 Å². The van der Waals surface area contributed by atoms with Crippen LogP contribution < -0.4 is 5.32 Å². The van der Waals surface area contributed by atoms with E-state index in [2.05, 4.69) is 41.3 Å². The minimum atomic E-state index is -0.174. The molecule has 3 rings (SSSR count). The van der Waals surface area contributed by atoms with Gasteiger partial charge in [-0.25, -0.2) is 4.98 Å². The summed E-state index contributed by atoms with van der Waals surface area (Å²) in [5, 5.41) is 13.4. The van der Waals surface area contributed by atoms with Crippen molar-refractivity contribution in [1.82, 2.24) is 15.2 Å². The van der Waals surface area contributed by atoms with E-state index in [1.165, 1.54) is 17.6 Å². The topological polar surface area (TPSA) is 94.1 Å². The zero-order valence-corrected chi connectivity index (χ0v) is 15.0. The van der Waals surface area contributed by atoms with Gasteiger partial charge in [0, 0.05) is 10.8 Å². The smallest absolute Gasteiger partial charge is 0.284 e. The lowest BCUT2D eigenvalue weighted by Crippen LogP contribution is -2.15. The van der Waals surface area contributed by atoms with Crippen LogP contribution in [-0.2, 0) is 10.2 Å². The Bertz CT molecular complexity index is 818. The van der Waals surface area contributed by atoms with Gasteiger partial charge in [0.15, 0.2) is 10.9 Å². The monoisotopic (exact) mass is 364 g/mol. The molecule has 9 heteroatoms. The lowest BCUT2D eigenvalue weighted by Gasteiger charge is -2.14. The first kappa shape index (κ1) is 16.7. The Morgan fingerprint density at radius 1 is 1.38 bits per heavy atom. The van der Waals surface area contributed by atoms with Gasteiger partial charge in [-0.15, -0.1) is 21.5 Å². The number of furan rings is 1. The number of hydrogen-bond donors (Lipinski definition) is 1. The molecule has 0 aliphatic carbocycles. The number of aromatic nitrogens is 3. The highest BCUT2D eigenvalue weighted by Gasteiger charge is 2.18. The maximum absolute atomic E-state index is 12.0. The summed E-state index contributed by atoms with van der Waals surface area (Å²) < 4.78 is 10.6. The number of anilines is 1. The summed E-state index contributed by atoms with van der Waals surface area (Å²) in [6, 6.07) is 3.46. The Labute approximate surface area is 146 Å². The van der Waals surface area contributed by atoms with E-state index in [-0.39, 0.29) is 23.0 Å². The molecule has 7 nitrogen and oxygen atoms in total. The predicted octanol–water partition coefficient (Wildman–Crippen LogP) is 3.81. The van der Waals surface area contributed by atoms with Crippen molar-refractivity contribution < 1.29 is 13.6 Å². The number of hydrogen-bond acceptors (Lipinski definition) is 8. The maximum Gasteiger partial charge on any atom is 0.284 e. The third kappa shape index (κ3) is 4.04. The Balaban J connectivity index is 1.53. The summed E-state index contributed by atoms with van der Waals surface area (Å²) in [6.45, 7) is 6.24. The van der Waals surface area contributed by atoms with Gasteiger partial charge in [0.05, 0.1) is 17.7 Å². The molecule has 0 radical (unpaired) electrons. The molecular weight excluding hydrogens is 348 g/mol. The molecule has 1 amide bonds. The van der Waals surface area contributed by atoms with Gasteiger partial charge in [-0.05, 0) is 12.1 Å². The second kappa shape index (κ2) is 6.78. The molecule has 0 saturated heterocycles. The van der Waals surface area contributed by atoms with Gasteiger partial charge in [0.2, 0.25) is 5.91 Å². The molecule has 0 aliphatic rings. The number of nitrogens with zero attached hydrogens (tertiary/aromatic N) is 3. The van der Waals surface area contributed by atoms with E-state index in [0.29, 0.717) is 16.1 Å². The molecular formula is C15H16N4O3S2. The third-order valence-corrected chi connectivity index (χ3v) is 4.56. The molecule has 0 bridgehead atoms. The van der Waals surface area contributed by atoms with Crippen LogP contribution in [0.25, 0.3) is 11.7 Å². The average Bonchev–Trinajstić information content (AvgIpc) is 3.25. The first-order valence-corrected chi connectivity index (χ1v) is 9.04. The molecule has 0 spiro atoms. The van der Waals surface area contributed by atoms with E-state index >= 15 is 0 Å². The number of rotatable bonds is 5. The standard InChI is InChI=1S/C15H16N4O3S2/c1-15(2,3)10-7-23-13(16-10)17-11(20)8-24-14-19-18-12(22-14)9-5-4-6-21-9/h4-7H,8H2,1-3H3,(H,16,17,20). The number of nitrogens with one attached hydrogen (secondary N) is 1. The fourth-order valence-corrected chi connectivity index (χ4v) is 3.24. The number of thiazole rings is 1. The van der Waals surface area contributed by atoms with Crippen LogP contribution in [0, 0.1) is 0 Å². The molecule has 0 unspecified atom stereocenters. The number of carbonyl (C=O) groups excluding carboxylic acids is 1.